The molecule has 1 N–H and O–H groups in total. The third-order valence-corrected chi connectivity index (χ3v) is 3.80. The summed E-state index contributed by atoms with van der Waals surface area (Å²) in [5, 5.41) is 4.19. The average Bonchev–Trinajstić information content (AvgIpc) is 2.56. The lowest BCUT2D eigenvalue weighted by atomic mass is 10.0. The first kappa shape index (κ1) is 16.7. The van der Waals surface area contributed by atoms with Gasteiger partial charge in [0.1, 0.15) is 5.75 Å². The molecule has 0 aromatic heterocycles. The van der Waals surface area contributed by atoms with Gasteiger partial charge in [0.15, 0.2) is 0 Å². The summed E-state index contributed by atoms with van der Waals surface area (Å²) in [4.78, 5) is 12.0. The number of nitrogens with zero attached hydrogens (tertiary/aromatic N) is 1. The zero-order valence-electron chi connectivity index (χ0n) is 14.0. The molecule has 0 unspecified atom stereocenters. The number of hydrazone groups is 1. The Morgan fingerprint density at radius 1 is 1.09 bits per heavy atom. The topological polar surface area (TPSA) is 50.7 Å². The van der Waals surface area contributed by atoms with Crippen LogP contribution in [0.3, 0.4) is 0 Å². The summed E-state index contributed by atoms with van der Waals surface area (Å²) < 4.78 is 5.10. The molecule has 2 aromatic carbocycles. The minimum Gasteiger partial charge on any atom is -0.497 e. The molecule has 0 bridgehead atoms. The second-order valence-electron chi connectivity index (χ2n) is 5.56. The minimum absolute atomic E-state index is 0.140. The molecule has 0 saturated carbocycles. The van der Waals surface area contributed by atoms with Gasteiger partial charge in [0.2, 0.25) is 5.91 Å². The van der Waals surface area contributed by atoms with Gasteiger partial charge >= 0.3 is 0 Å². The highest BCUT2D eigenvalue weighted by atomic mass is 16.5. The SMILES string of the molecule is COc1ccc(CC(=O)N/N=C(\C)c2ccc(C)c(C)c2)cc1. The number of carbonyl (C=O) groups excluding carboxylic acids is 1. The number of carbonyl (C=O) groups is 1. The van der Waals surface area contributed by atoms with Crippen LogP contribution in [-0.4, -0.2) is 18.7 Å². The van der Waals surface area contributed by atoms with Crippen LogP contribution in [0.25, 0.3) is 0 Å². The molecule has 0 aliphatic rings. The quantitative estimate of drug-likeness (QED) is 0.680. The standard InChI is InChI=1S/C19H22N2O2/c1-13-5-8-17(11-14(13)2)15(3)20-21-19(22)12-16-6-9-18(23-4)10-7-16/h5-11H,12H2,1-4H3,(H,21,22)/b20-15+. The van der Waals surface area contributed by atoms with E-state index in [-0.39, 0.29) is 12.3 Å². The van der Waals surface area contributed by atoms with Crippen LogP contribution in [0, 0.1) is 13.8 Å². The Morgan fingerprint density at radius 3 is 2.39 bits per heavy atom. The summed E-state index contributed by atoms with van der Waals surface area (Å²) in [6.45, 7) is 6.02. The lowest BCUT2D eigenvalue weighted by Gasteiger charge is -2.06. The molecule has 0 atom stereocenters. The molecule has 4 nitrogen and oxygen atoms in total. The first-order valence-electron chi connectivity index (χ1n) is 7.53. The molecule has 0 spiro atoms. The van der Waals surface area contributed by atoms with Gasteiger partial charge in [0.25, 0.3) is 0 Å². The number of benzene rings is 2. The molecular weight excluding hydrogens is 288 g/mol. The van der Waals surface area contributed by atoms with E-state index < -0.39 is 0 Å². The Morgan fingerprint density at radius 2 is 1.78 bits per heavy atom. The fourth-order valence-electron chi connectivity index (χ4n) is 2.15. The van der Waals surface area contributed by atoms with Crippen molar-refractivity contribution >= 4 is 11.6 Å². The van der Waals surface area contributed by atoms with E-state index in [1.165, 1.54) is 11.1 Å². The summed E-state index contributed by atoms with van der Waals surface area (Å²) in [6, 6.07) is 13.6. The van der Waals surface area contributed by atoms with E-state index in [1.807, 2.05) is 37.3 Å². The number of methoxy groups -OCH3 is 1. The molecular formula is C19H22N2O2. The number of ether oxygens (including phenoxy) is 1. The highest BCUT2D eigenvalue weighted by molar-refractivity contribution is 5.99. The van der Waals surface area contributed by atoms with E-state index in [4.69, 9.17) is 4.74 Å². The van der Waals surface area contributed by atoms with Crippen molar-refractivity contribution in [3.8, 4) is 5.75 Å². The average molecular weight is 310 g/mol. The van der Waals surface area contributed by atoms with Crippen LogP contribution < -0.4 is 10.2 Å². The number of hydrogen-bond donors (Lipinski definition) is 1. The van der Waals surface area contributed by atoms with Crippen LogP contribution in [0.2, 0.25) is 0 Å². The minimum atomic E-state index is -0.140. The zero-order chi connectivity index (χ0) is 16.8. The van der Waals surface area contributed by atoms with Crippen molar-refractivity contribution in [2.45, 2.75) is 27.2 Å². The number of hydrogen-bond acceptors (Lipinski definition) is 3. The van der Waals surface area contributed by atoms with Crippen molar-refractivity contribution < 1.29 is 9.53 Å². The Kier molecular flexibility index (Phi) is 5.52. The Bertz CT molecular complexity index is 719. The maximum Gasteiger partial charge on any atom is 0.244 e. The summed E-state index contributed by atoms with van der Waals surface area (Å²) in [6.07, 6.45) is 0.285. The Labute approximate surface area is 137 Å². The van der Waals surface area contributed by atoms with Gasteiger partial charge < -0.3 is 4.74 Å². The Balaban J connectivity index is 1.97. The van der Waals surface area contributed by atoms with Crippen molar-refractivity contribution in [1.29, 1.82) is 0 Å². The third kappa shape index (κ3) is 4.68. The van der Waals surface area contributed by atoms with Gasteiger partial charge in [-0.25, -0.2) is 5.43 Å². The van der Waals surface area contributed by atoms with Crippen LogP contribution in [0.1, 0.15) is 29.2 Å². The van der Waals surface area contributed by atoms with E-state index in [0.717, 1.165) is 22.6 Å². The molecule has 0 heterocycles. The van der Waals surface area contributed by atoms with E-state index in [0.29, 0.717) is 0 Å². The number of rotatable bonds is 5. The molecule has 2 rings (SSSR count). The summed E-state index contributed by atoms with van der Waals surface area (Å²) >= 11 is 0. The summed E-state index contributed by atoms with van der Waals surface area (Å²) in [7, 11) is 1.62. The fourth-order valence-corrected chi connectivity index (χ4v) is 2.15. The van der Waals surface area contributed by atoms with Crippen molar-refractivity contribution in [1.82, 2.24) is 5.43 Å². The van der Waals surface area contributed by atoms with Gasteiger partial charge in [0.05, 0.1) is 19.2 Å². The number of aryl methyl sites for hydroxylation is 2. The van der Waals surface area contributed by atoms with E-state index >= 15 is 0 Å². The smallest absolute Gasteiger partial charge is 0.244 e. The first-order chi connectivity index (χ1) is 11.0. The highest BCUT2D eigenvalue weighted by Crippen LogP contribution is 2.12. The summed E-state index contributed by atoms with van der Waals surface area (Å²) in [5.41, 5.74) is 7.78. The van der Waals surface area contributed by atoms with Crippen LogP contribution in [0.15, 0.2) is 47.6 Å². The maximum absolute atomic E-state index is 12.0. The molecule has 0 fully saturated rings. The normalized spacial score (nSPS) is 11.2. The predicted molar refractivity (Wildman–Crippen MR) is 93.0 cm³/mol. The second kappa shape index (κ2) is 7.58. The van der Waals surface area contributed by atoms with Crippen LogP contribution in [-0.2, 0) is 11.2 Å². The van der Waals surface area contributed by atoms with Gasteiger partial charge in [0, 0.05) is 0 Å². The van der Waals surface area contributed by atoms with Crippen molar-refractivity contribution in [2.75, 3.05) is 7.11 Å². The van der Waals surface area contributed by atoms with Crippen molar-refractivity contribution in [3.05, 3.63) is 64.7 Å². The van der Waals surface area contributed by atoms with Gasteiger partial charge in [-0.15, -0.1) is 0 Å². The third-order valence-electron chi connectivity index (χ3n) is 3.80. The van der Waals surface area contributed by atoms with Gasteiger partial charge in [-0.3, -0.25) is 4.79 Å². The predicted octanol–water partition coefficient (Wildman–Crippen LogP) is 3.39. The van der Waals surface area contributed by atoms with Gasteiger partial charge in [-0.1, -0.05) is 24.3 Å². The molecule has 120 valence electrons. The lowest BCUT2D eigenvalue weighted by Crippen LogP contribution is -2.21. The molecule has 0 aliphatic heterocycles. The first-order valence-corrected chi connectivity index (χ1v) is 7.53. The van der Waals surface area contributed by atoms with Gasteiger partial charge in [-0.05, 0) is 61.2 Å². The molecule has 0 radical (unpaired) electrons. The molecule has 0 aliphatic carbocycles. The zero-order valence-corrected chi connectivity index (χ0v) is 14.0. The molecule has 4 heteroatoms. The molecule has 1 amide bonds. The molecule has 23 heavy (non-hydrogen) atoms. The summed E-state index contributed by atoms with van der Waals surface area (Å²) in [5.74, 6) is 0.635. The van der Waals surface area contributed by atoms with Crippen molar-refractivity contribution in [3.63, 3.8) is 0 Å². The largest absolute Gasteiger partial charge is 0.497 e. The van der Waals surface area contributed by atoms with Crippen LogP contribution in [0.5, 0.6) is 5.75 Å². The van der Waals surface area contributed by atoms with Crippen LogP contribution in [0.4, 0.5) is 0 Å². The lowest BCUT2D eigenvalue weighted by molar-refractivity contribution is -0.120. The number of amides is 1. The van der Waals surface area contributed by atoms with Gasteiger partial charge in [-0.2, -0.15) is 5.10 Å². The van der Waals surface area contributed by atoms with E-state index in [1.54, 1.807) is 7.11 Å². The molecule has 0 saturated heterocycles. The van der Waals surface area contributed by atoms with E-state index in [9.17, 15) is 4.79 Å². The Hall–Kier alpha value is -2.62. The van der Waals surface area contributed by atoms with Crippen LogP contribution >= 0.6 is 0 Å². The maximum atomic E-state index is 12.0. The van der Waals surface area contributed by atoms with E-state index in [2.05, 4.69) is 36.5 Å². The van der Waals surface area contributed by atoms with Crippen molar-refractivity contribution in [2.24, 2.45) is 5.10 Å². The second-order valence-corrected chi connectivity index (χ2v) is 5.56. The monoisotopic (exact) mass is 310 g/mol. The molecule has 2 aromatic rings. The fraction of sp³-hybridized carbons (Fsp3) is 0.263. The number of nitrogens with one attached hydrogen (secondary N) is 1. The highest BCUT2D eigenvalue weighted by Gasteiger charge is 2.04.